The molecule has 1 atom stereocenters. The van der Waals surface area contributed by atoms with Gasteiger partial charge in [0.1, 0.15) is 5.92 Å². The highest BCUT2D eigenvalue weighted by atomic mass is 79.9. The van der Waals surface area contributed by atoms with Gasteiger partial charge < -0.3 is 16.3 Å². The highest BCUT2D eigenvalue weighted by Crippen LogP contribution is 2.22. The molecule has 0 aromatic heterocycles. The Hall–Kier alpha value is -1.56. The summed E-state index contributed by atoms with van der Waals surface area (Å²) in [6, 6.07) is 5.56. The Morgan fingerprint density at radius 1 is 1.47 bits per heavy atom. The van der Waals surface area contributed by atoms with E-state index in [1.165, 1.54) is 0 Å². The number of amides is 1. The maximum absolute atomic E-state index is 12.2. The Bertz CT molecular complexity index is 501. The minimum absolute atomic E-state index is 0.0633. The van der Waals surface area contributed by atoms with Gasteiger partial charge in [-0.15, -0.1) is 0 Å². The van der Waals surface area contributed by atoms with Crippen LogP contribution in [0.15, 0.2) is 27.8 Å². The Balaban J connectivity index is 2.94. The van der Waals surface area contributed by atoms with Crippen LogP contribution in [0.25, 0.3) is 0 Å². The summed E-state index contributed by atoms with van der Waals surface area (Å²) in [5.74, 6) is -1.09. The van der Waals surface area contributed by atoms with Gasteiger partial charge in [-0.1, -0.05) is 34.9 Å². The smallest absolute Gasteiger partial charge is 0.235 e. The average molecular weight is 328 g/mol. The molecule has 1 unspecified atom stereocenters. The number of hydrogen-bond donors (Lipinski definition) is 3. The molecule has 0 saturated carbocycles. The Morgan fingerprint density at radius 2 is 2.11 bits per heavy atom. The predicted octanol–water partition coefficient (Wildman–Crippen LogP) is 2.71. The van der Waals surface area contributed by atoms with Crippen LogP contribution >= 0.6 is 15.9 Å². The number of hydrogen-bond acceptors (Lipinski definition) is 3. The van der Waals surface area contributed by atoms with E-state index in [0.717, 1.165) is 10.0 Å². The highest BCUT2D eigenvalue weighted by molar-refractivity contribution is 9.10. The van der Waals surface area contributed by atoms with Crippen LogP contribution in [0.4, 0.5) is 5.69 Å². The molecule has 0 spiro atoms. The molecule has 0 fully saturated rings. The maximum Gasteiger partial charge on any atom is 0.235 e. The fourth-order valence-electron chi connectivity index (χ4n) is 1.82. The SMILES string of the molecule is Cc1cc(Br)ccc1NC(=O)C(C(N)=NO)C(C)C. The number of nitrogens with zero attached hydrogens (tertiary/aromatic N) is 1. The first-order chi connectivity index (χ1) is 8.86. The number of oxime groups is 1. The third kappa shape index (κ3) is 3.96. The zero-order valence-corrected chi connectivity index (χ0v) is 12.7. The molecule has 0 saturated heterocycles. The van der Waals surface area contributed by atoms with Gasteiger partial charge in [0.2, 0.25) is 5.91 Å². The quantitative estimate of drug-likeness (QED) is 0.344. The van der Waals surface area contributed by atoms with Crippen molar-refractivity contribution in [1.82, 2.24) is 0 Å². The molecular formula is C13H18BrN3O2. The Kier molecular flexibility index (Phi) is 5.35. The molecule has 1 aromatic rings. The van der Waals surface area contributed by atoms with Gasteiger partial charge in [-0.25, -0.2) is 0 Å². The molecule has 0 aliphatic carbocycles. The van der Waals surface area contributed by atoms with Crippen molar-refractivity contribution >= 4 is 33.4 Å². The van der Waals surface area contributed by atoms with Crippen LogP contribution in [0, 0.1) is 18.8 Å². The zero-order valence-electron chi connectivity index (χ0n) is 11.1. The largest absolute Gasteiger partial charge is 0.409 e. The van der Waals surface area contributed by atoms with E-state index in [4.69, 9.17) is 10.9 Å². The van der Waals surface area contributed by atoms with Crippen molar-refractivity contribution in [3.8, 4) is 0 Å². The monoisotopic (exact) mass is 327 g/mol. The van der Waals surface area contributed by atoms with E-state index in [1.54, 1.807) is 6.07 Å². The van der Waals surface area contributed by atoms with E-state index in [2.05, 4.69) is 26.4 Å². The van der Waals surface area contributed by atoms with Crippen molar-refractivity contribution in [1.29, 1.82) is 0 Å². The molecule has 0 radical (unpaired) electrons. The molecule has 1 rings (SSSR count). The molecule has 0 bridgehead atoms. The molecule has 1 aromatic carbocycles. The van der Waals surface area contributed by atoms with Crippen LogP contribution in [0.1, 0.15) is 19.4 Å². The lowest BCUT2D eigenvalue weighted by molar-refractivity contribution is -0.119. The van der Waals surface area contributed by atoms with E-state index in [-0.39, 0.29) is 17.7 Å². The Morgan fingerprint density at radius 3 is 2.58 bits per heavy atom. The number of halogens is 1. The summed E-state index contributed by atoms with van der Waals surface area (Å²) in [4.78, 5) is 12.2. The fraction of sp³-hybridized carbons (Fsp3) is 0.385. The minimum Gasteiger partial charge on any atom is -0.409 e. The first-order valence-corrected chi connectivity index (χ1v) is 6.70. The van der Waals surface area contributed by atoms with Gasteiger partial charge in [0.25, 0.3) is 0 Å². The molecule has 6 heteroatoms. The molecule has 0 heterocycles. The van der Waals surface area contributed by atoms with Gasteiger partial charge in [-0.3, -0.25) is 4.79 Å². The lowest BCUT2D eigenvalue weighted by atomic mass is 9.93. The fourth-order valence-corrected chi connectivity index (χ4v) is 2.29. The molecule has 4 N–H and O–H groups in total. The van der Waals surface area contributed by atoms with Gasteiger partial charge in [-0.05, 0) is 36.6 Å². The number of aryl methyl sites for hydroxylation is 1. The second-order valence-electron chi connectivity index (χ2n) is 4.70. The average Bonchev–Trinajstić information content (AvgIpc) is 2.32. The lowest BCUT2D eigenvalue weighted by Crippen LogP contribution is -2.38. The molecule has 0 aliphatic rings. The number of benzene rings is 1. The number of carbonyl (C=O) groups is 1. The topological polar surface area (TPSA) is 87.7 Å². The van der Waals surface area contributed by atoms with Crippen LogP contribution in [0.3, 0.4) is 0 Å². The van der Waals surface area contributed by atoms with Crippen molar-refractivity contribution in [3.05, 3.63) is 28.2 Å². The summed E-state index contributed by atoms with van der Waals surface area (Å²) >= 11 is 3.36. The van der Waals surface area contributed by atoms with E-state index < -0.39 is 5.92 Å². The van der Waals surface area contributed by atoms with Gasteiger partial charge in [0.15, 0.2) is 5.84 Å². The molecule has 1 amide bonds. The molecular weight excluding hydrogens is 310 g/mol. The summed E-state index contributed by atoms with van der Waals surface area (Å²) in [5.41, 5.74) is 7.21. The summed E-state index contributed by atoms with van der Waals surface area (Å²) in [6.07, 6.45) is 0. The van der Waals surface area contributed by atoms with Crippen molar-refractivity contribution in [3.63, 3.8) is 0 Å². The predicted molar refractivity (Wildman–Crippen MR) is 79.2 cm³/mol. The van der Waals surface area contributed by atoms with E-state index in [1.807, 2.05) is 32.9 Å². The van der Waals surface area contributed by atoms with Crippen LogP contribution in [-0.2, 0) is 4.79 Å². The summed E-state index contributed by atoms with van der Waals surface area (Å²) in [7, 11) is 0. The third-order valence-corrected chi connectivity index (χ3v) is 3.32. The third-order valence-electron chi connectivity index (χ3n) is 2.83. The van der Waals surface area contributed by atoms with Gasteiger partial charge in [0.05, 0.1) is 0 Å². The number of anilines is 1. The second-order valence-corrected chi connectivity index (χ2v) is 5.61. The zero-order chi connectivity index (χ0) is 14.6. The minimum atomic E-state index is -0.659. The Labute approximate surface area is 121 Å². The number of nitrogens with one attached hydrogen (secondary N) is 1. The second kappa shape index (κ2) is 6.56. The van der Waals surface area contributed by atoms with Crippen molar-refractivity contribution in [2.24, 2.45) is 22.7 Å². The lowest BCUT2D eigenvalue weighted by Gasteiger charge is -2.19. The first kappa shape index (κ1) is 15.5. The van der Waals surface area contributed by atoms with E-state index in [9.17, 15) is 4.79 Å². The molecule has 19 heavy (non-hydrogen) atoms. The van der Waals surface area contributed by atoms with Crippen LogP contribution < -0.4 is 11.1 Å². The van der Waals surface area contributed by atoms with E-state index in [0.29, 0.717) is 5.69 Å². The van der Waals surface area contributed by atoms with Crippen LogP contribution in [-0.4, -0.2) is 17.0 Å². The van der Waals surface area contributed by atoms with Gasteiger partial charge >= 0.3 is 0 Å². The summed E-state index contributed by atoms with van der Waals surface area (Å²) in [6.45, 7) is 5.59. The summed E-state index contributed by atoms with van der Waals surface area (Å²) < 4.78 is 0.944. The number of amidine groups is 1. The maximum atomic E-state index is 12.2. The van der Waals surface area contributed by atoms with Gasteiger partial charge in [0, 0.05) is 10.2 Å². The van der Waals surface area contributed by atoms with Crippen molar-refractivity contribution in [2.75, 3.05) is 5.32 Å². The first-order valence-electron chi connectivity index (χ1n) is 5.91. The van der Waals surface area contributed by atoms with E-state index >= 15 is 0 Å². The highest BCUT2D eigenvalue weighted by Gasteiger charge is 2.27. The number of nitrogens with two attached hydrogens (primary N) is 1. The van der Waals surface area contributed by atoms with Crippen LogP contribution in [0.2, 0.25) is 0 Å². The van der Waals surface area contributed by atoms with Crippen LogP contribution in [0.5, 0.6) is 0 Å². The number of carbonyl (C=O) groups excluding carboxylic acids is 1. The molecule has 104 valence electrons. The molecule has 0 aliphatic heterocycles. The van der Waals surface area contributed by atoms with Crippen molar-refractivity contribution in [2.45, 2.75) is 20.8 Å². The standard InChI is InChI=1S/C13H18BrN3O2/c1-7(2)11(12(15)17-19)13(18)16-10-5-4-9(14)6-8(10)3/h4-7,11,19H,1-3H3,(H2,15,17)(H,16,18). The number of rotatable bonds is 4. The molecule has 5 nitrogen and oxygen atoms in total. The van der Waals surface area contributed by atoms with Crippen molar-refractivity contribution < 1.29 is 10.0 Å². The normalized spacial score (nSPS) is 13.4. The summed E-state index contributed by atoms with van der Waals surface area (Å²) in [5, 5.41) is 14.5. The van der Waals surface area contributed by atoms with Gasteiger partial charge in [-0.2, -0.15) is 0 Å².